The Morgan fingerprint density at radius 2 is 1.90 bits per heavy atom. The van der Waals surface area contributed by atoms with E-state index < -0.39 is 29.9 Å². The minimum atomic E-state index is -0.674. The van der Waals surface area contributed by atoms with Crippen LogP contribution in [0.3, 0.4) is 0 Å². The highest BCUT2D eigenvalue weighted by Crippen LogP contribution is 2.30. The maximum atomic E-state index is 12.9. The Labute approximate surface area is 188 Å². The van der Waals surface area contributed by atoms with Gasteiger partial charge in [-0.1, -0.05) is 53.5 Å². The van der Waals surface area contributed by atoms with Crippen LogP contribution in [0.4, 0.5) is 0 Å². The van der Waals surface area contributed by atoms with Gasteiger partial charge in [-0.2, -0.15) is 5.26 Å². The molecule has 3 rings (SSSR count). The molecule has 8 heteroatoms. The van der Waals surface area contributed by atoms with E-state index in [9.17, 15) is 20.0 Å². The minimum Gasteiger partial charge on any atom is -0.494 e. The van der Waals surface area contributed by atoms with Gasteiger partial charge in [0.2, 0.25) is 11.7 Å². The second kappa shape index (κ2) is 9.25. The fourth-order valence-corrected chi connectivity index (χ4v) is 3.77. The fourth-order valence-electron chi connectivity index (χ4n) is 3.30. The number of rotatable bonds is 6. The molecule has 0 amide bonds. The summed E-state index contributed by atoms with van der Waals surface area (Å²) in [6.07, 6.45) is 0. The summed E-state index contributed by atoms with van der Waals surface area (Å²) >= 11 is 11.9. The van der Waals surface area contributed by atoms with Crippen molar-refractivity contribution in [2.75, 3.05) is 6.61 Å². The number of pyridine rings is 1. The van der Waals surface area contributed by atoms with Crippen LogP contribution >= 0.6 is 23.2 Å². The molecule has 2 aromatic carbocycles. The van der Waals surface area contributed by atoms with E-state index in [-0.39, 0.29) is 27.5 Å². The van der Waals surface area contributed by atoms with Gasteiger partial charge < -0.3 is 9.84 Å². The molecule has 31 heavy (non-hydrogen) atoms. The first kappa shape index (κ1) is 22.4. The maximum absolute atomic E-state index is 12.9. The summed E-state index contributed by atoms with van der Waals surface area (Å²) in [5.74, 6) is -0.886. The van der Waals surface area contributed by atoms with Crippen LogP contribution in [0.15, 0.2) is 53.3 Å². The van der Waals surface area contributed by atoms with Crippen LogP contribution in [0.5, 0.6) is 11.6 Å². The van der Waals surface area contributed by atoms with Crippen LogP contribution < -0.4 is 10.3 Å². The number of hydrogen-bond donors (Lipinski definition) is 1. The van der Waals surface area contributed by atoms with Crippen LogP contribution in [0, 0.1) is 18.3 Å². The third kappa shape index (κ3) is 4.43. The van der Waals surface area contributed by atoms with Crippen molar-refractivity contribution in [2.24, 2.45) is 0 Å². The highest BCUT2D eigenvalue weighted by molar-refractivity contribution is 6.35. The Morgan fingerprint density at radius 1 is 1.23 bits per heavy atom. The van der Waals surface area contributed by atoms with Gasteiger partial charge in [-0.05, 0) is 43.2 Å². The Hall–Kier alpha value is -3.27. The predicted octanol–water partition coefficient (Wildman–Crippen LogP) is 4.91. The summed E-state index contributed by atoms with van der Waals surface area (Å²) in [4.78, 5) is 25.8. The molecule has 6 nitrogen and oxygen atoms in total. The number of halogens is 2. The van der Waals surface area contributed by atoms with Crippen molar-refractivity contribution in [1.82, 2.24) is 4.57 Å². The van der Waals surface area contributed by atoms with Gasteiger partial charge in [0.15, 0.2) is 6.61 Å². The number of nitrogens with zero attached hydrogens (tertiary/aromatic N) is 2. The number of aromatic nitrogens is 1. The average Bonchev–Trinajstić information content (AvgIpc) is 2.74. The number of ketones is 1. The summed E-state index contributed by atoms with van der Waals surface area (Å²) in [6.45, 7) is 2.68. The summed E-state index contributed by atoms with van der Waals surface area (Å²) in [5.41, 5.74) is -0.211. The van der Waals surface area contributed by atoms with Gasteiger partial charge in [0.05, 0.1) is 16.6 Å². The Morgan fingerprint density at radius 3 is 2.52 bits per heavy atom. The summed E-state index contributed by atoms with van der Waals surface area (Å²) < 4.78 is 6.53. The minimum absolute atomic E-state index is 0.0947. The first-order valence-electron chi connectivity index (χ1n) is 9.30. The van der Waals surface area contributed by atoms with Gasteiger partial charge in [0.25, 0.3) is 5.56 Å². The predicted molar refractivity (Wildman–Crippen MR) is 118 cm³/mol. The molecule has 0 bridgehead atoms. The number of Topliss-reactive ketones (excluding diaryl/α,β-unsaturated/α-hetero) is 1. The molecular weight excluding hydrogens is 439 g/mol. The van der Waals surface area contributed by atoms with E-state index in [1.807, 2.05) is 12.1 Å². The second-order valence-corrected chi connectivity index (χ2v) is 7.70. The molecule has 0 spiro atoms. The summed E-state index contributed by atoms with van der Waals surface area (Å²) in [5, 5.41) is 21.1. The zero-order chi connectivity index (χ0) is 22.7. The van der Waals surface area contributed by atoms with Gasteiger partial charge >= 0.3 is 0 Å². The molecule has 0 aliphatic carbocycles. The normalized spacial score (nSPS) is 11.6. The van der Waals surface area contributed by atoms with Crippen molar-refractivity contribution in [1.29, 1.82) is 5.26 Å². The van der Waals surface area contributed by atoms with E-state index in [0.717, 1.165) is 10.1 Å². The van der Waals surface area contributed by atoms with Crippen molar-refractivity contribution in [3.05, 3.63) is 91.2 Å². The molecule has 0 aliphatic heterocycles. The first-order valence-corrected chi connectivity index (χ1v) is 10.1. The first-order chi connectivity index (χ1) is 14.8. The molecule has 0 saturated heterocycles. The molecule has 3 aromatic rings. The molecule has 0 saturated carbocycles. The van der Waals surface area contributed by atoms with E-state index in [1.165, 1.54) is 19.1 Å². The zero-order valence-electron chi connectivity index (χ0n) is 16.7. The van der Waals surface area contributed by atoms with Gasteiger partial charge in [0.1, 0.15) is 17.4 Å². The number of hydrogen-bond acceptors (Lipinski definition) is 5. The van der Waals surface area contributed by atoms with E-state index in [1.54, 1.807) is 37.3 Å². The number of nitriles is 1. The SMILES string of the molecule is Cc1c(C(=O)COc2ccc(Cl)cc2Cl)c(O)n(C(C)c2ccccc2)c(=O)c1C#N. The topological polar surface area (TPSA) is 92.3 Å². The van der Waals surface area contributed by atoms with Crippen LogP contribution in [0.2, 0.25) is 10.0 Å². The van der Waals surface area contributed by atoms with Gasteiger partial charge in [-0.15, -0.1) is 0 Å². The van der Waals surface area contributed by atoms with Gasteiger partial charge in [-0.3, -0.25) is 14.2 Å². The second-order valence-electron chi connectivity index (χ2n) is 6.86. The van der Waals surface area contributed by atoms with E-state index in [4.69, 9.17) is 27.9 Å². The molecule has 1 unspecified atom stereocenters. The lowest BCUT2D eigenvalue weighted by Gasteiger charge is -2.21. The number of carbonyl (C=O) groups excluding carboxylic acids is 1. The largest absolute Gasteiger partial charge is 0.494 e. The summed E-state index contributed by atoms with van der Waals surface area (Å²) in [6, 6.07) is 14.8. The Balaban J connectivity index is 2.04. The van der Waals surface area contributed by atoms with Crippen LogP contribution in [-0.4, -0.2) is 22.1 Å². The average molecular weight is 457 g/mol. The van der Waals surface area contributed by atoms with Crippen molar-refractivity contribution < 1.29 is 14.6 Å². The van der Waals surface area contributed by atoms with Crippen LogP contribution in [0.1, 0.15) is 40.0 Å². The molecule has 158 valence electrons. The van der Waals surface area contributed by atoms with E-state index in [0.29, 0.717) is 5.02 Å². The molecule has 1 aromatic heterocycles. The number of ether oxygens (including phenoxy) is 1. The Bertz CT molecular complexity index is 1250. The van der Waals surface area contributed by atoms with Gasteiger partial charge in [-0.25, -0.2) is 0 Å². The molecule has 0 fully saturated rings. The van der Waals surface area contributed by atoms with E-state index in [2.05, 4.69) is 0 Å². The number of carbonyl (C=O) groups is 1. The maximum Gasteiger partial charge on any atom is 0.272 e. The fraction of sp³-hybridized carbons (Fsp3) is 0.174. The van der Waals surface area contributed by atoms with Crippen LogP contribution in [-0.2, 0) is 0 Å². The molecule has 0 radical (unpaired) electrons. The monoisotopic (exact) mass is 456 g/mol. The third-order valence-corrected chi connectivity index (χ3v) is 5.48. The Kier molecular flexibility index (Phi) is 6.69. The van der Waals surface area contributed by atoms with Crippen molar-refractivity contribution >= 4 is 29.0 Å². The van der Waals surface area contributed by atoms with Crippen molar-refractivity contribution in [3.63, 3.8) is 0 Å². The molecule has 1 atom stereocenters. The molecule has 0 aliphatic rings. The lowest BCUT2D eigenvalue weighted by Crippen LogP contribution is -2.30. The van der Waals surface area contributed by atoms with Crippen molar-refractivity contribution in [3.8, 4) is 17.7 Å². The lowest BCUT2D eigenvalue weighted by atomic mass is 10.00. The van der Waals surface area contributed by atoms with Crippen molar-refractivity contribution in [2.45, 2.75) is 19.9 Å². The van der Waals surface area contributed by atoms with Gasteiger partial charge in [0, 0.05) is 5.02 Å². The standard InChI is InChI=1S/C23H18Cl2N2O4/c1-13-17(11-26)22(29)27(14(2)15-6-4-3-5-7-15)23(30)21(13)19(28)12-31-20-9-8-16(24)10-18(20)25/h3-10,14,30H,12H2,1-2H3. The van der Waals surface area contributed by atoms with Crippen LogP contribution in [0.25, 0.3) is 0 Å². The lowest BCUT2D eigenvalue weighted by molar-refractivity contribution is 0.0916. The van der Waals surface area contributed by atoms with E-state index >= 15 is 0 Å². The number of aromatic hydroxyl groups is 1. The third-order valence-electron chi connectivity index (χ3n) is 4.95. The molecule has 1 N–H and O–H groups in total. The summed E-state index contributed by atoms with van der Waals surface area (Å²) in [7, 11) is 0. The quantitative estimate of drug-likeness (QED) is 0.531. The number of benzene rings is 2. The zero-order valence-corrected chi connectivity index (χ0v) is 18.2. The highest BCUT2D eigenvalue weighted by atomic mass is 35.5. The smallest absolute Gasteiger partial charge is 0.272 e. The molecule has 1 heterocycles. The molecular formula is C23H18Cl2N2O4. The highest BCUT2D eigenvalue weighted by Gasteiger charge is 2.27.